The maximum atomic E-state index is 10.4. The van der Waals surface area contributed by atoms with Crippen LogP contribution in [0, 0.1) is 10.1 Å². The lowest BCUT2D eigenvalue weighted by Gasteiger charge is -2.03. The normalized spacial score (nSPS) is 9.79. The SMILES string of the molecule is Nc1cc([N+](=O)[O-])cc(OCCO)n1. The van der Waals surface area contributed by atoms with Gasteiger partial charge in [0, 0.05) is 0 Å². The molecule has 7 heteroatoms. The maximum absolute atomic E-state index is 10.4. The van der Waals surface area contributed by atoms with E-state index in [4.69, 9.17) is 15.6 Å². The van der Waals surface area contributed by atoms with E-state index in [1.807, 2.05) is 0 Å². The van der Waals surface area contributed by atoms with Crippen LogP contribution >= 0.6 is 0 Å². The lowest BCUT2D eigenvalue weighted by atomic mass is 10.4. The van der Waals surface area contributed by atoms with E-state index < -0.39 is 4.92 Å². The molecule has 0 amide bonds. The van der Waals surface area contributed by atoms with E-state index >= 15 is 0 Å². The molecule has 1 heterocycles. The number of nitrogens with zero attached hydrogens (tertiary/aromatic N) is 2. The van der Waals surface area contributed by atoms with Gasteiger partial charge in [0.25, 0.3) is 5.69 Å². The highest BCUT2D eigenvalue weighted by Gasteiger charge is 2.10. The Bertz CT molecular complexity index is 342. The van der Waals surface area contributed by atoms with Crippen molar-refractivity contribution < 1.29 is 14.8 Å². The molecule has 7 nitrogen and oxygen atoms in total. The van der Waals surface area contributed by atoms with Crippen molar-refractivity contribution in [2.75, 3.05) is 18.9 Å². The van der Waals surface area contributed by atoms with Crippen molar-refractivity contribution in [3.63, 3.8) is 0 Å². The minimum atomic E-state index is -0.593. The highest BCUT2D eigenvalue weighted by atomic mass is 16.6. The van der Waals surface area contributed by atoms with E-state index in [1.54, 1.807) is 0 Å². The number of nitro groups is 1. The summed E-state index contributed by atoms with van der Waals surface area (Å²) in [6.07, 6.45) is 0. The van der Waals surface area contributed by atoms with Crippen LogP contribution in [0.3, 0.4) is 0 Å². The summed E-state index contributed by atoms with van der Waals surface area (Å²) in [5, 5.41) is 18.9. The average molecular weight is 199 g/mol. The van der Waals surface area contributed by atoms with E-state index in [1.165, 1.54) is 0 Å². The van der Waals surface area contributed by atoms with Crippen molar-refractivity contribution in [1.82, 2.24) is 4.98 Å². The van der Waals surface area contributed by atoms with Crippen LogP contribution in [0.15, 0.2) is 12.1 Å². The quantitative estimate of drug-likeness (QED) is 0.519. The number of aromatic nitrogens is 1. The Balaban J connectivity index is 2.89. The number of rotatable bonds is 4. The standard InChI is InChI=1S/C7H9N3O4/c8-6-3-5(10(12)13)4-7(9-6)14-2-1-11/h3-4,11H,1-2H2,(H2,8,9). The molecule has 3 N–H and O–H groups in total. The zero-order chi connectivity index (χ0) is 10.6. The zero-order valence-corrected chi connectivity index (χ0v) is 7.21. The Hall–Kier alpha value is -1.89. The molecule has 0 spiro atoms. The second-order valence-electron chi connectivity index (χ2n) is 2.42. The molecule has 0 saturated carbocycles. The third-order valence-electron chi connectivity index (χ3n) is 1.36. The second-order valence-corrected chi connectivity index (χ2v) is 2.42. The summed E-state index contributed by atoms with van der Waals surface area (Å²) in [7, 11) is 0. The van der Waals surface area contributed by atoms with Crippen LogP contribution in [-0.2, 0) is 0 Å². The van der Waals surface area contributed by atoms with E-state index in [0.29, 0.717) is 0 Å². The van der Waals surface area contributed by atoms with E-state index in [0.717, 1.165) is 12.1 Å². The molecule has 0 radical (unpaired) electrons. The van der Waals surface area contributed by atoms with Gasteiger partial charge in [-0.15, -0.1) is 0 Å². The molecule has 14 heavy (non-hydrogen) atoms. The molecule has 0 saturated heterocycles. The number of nitrogens with two attached hydrogens (primary N) is 1. The molecule has 1 rings (SSSR count). The summed E-state index contributed by atoms with van der Waals surface area (Å²) in [6.45, 7) is -0.169. The average Bonchev–Trinajstić information content (AvgIpc) is 2.14. The molecule has 1 aromatic rings. The van der Waals surface area contributed by atoms with Gasteiger partial charge in [0.1, 0.15) is 12.4 Å². The van der Waals surface area contributed by atoms with Gasteiger partial charge in [0.15, 0.2) is 0 Å². The molecular weight excluding hydrogens is 190 g/mol. The van der Waals surface area contributed by atoms with E-state index in [2.05, 4.69) is 4.98 Å². The van der Waals surface area contributed by atoms with Crippen LogP contribution in [0.4, 0.5) is 11.5 Å². The number of hydrogen-bond acceptors (Lipinski definition) is 6. The molecule has 0 aliphatic heterocycles. The van der Waals surface area contributed by atoms with Crippen molar-refractivity contribution >= 4 is 11.5 Å². The molecule has 0 atom stereocenters. The summed E-state index contributed by atoms with van der Waals surface area (Å²) in [5.41, 5.74) is 5.12. The third kappa shape index (κ3) is 2.56. The third-order valence-corrected chi connectivity index (χ3v) is 1.36. The van der Waals surface area contributed by atoms with Crippen LogP contribution in [-0.4, -0.2) is 28.2 Å². The van der Waals surface area contributed by atoms with Gasteiger partial charge in [-0.2, -0.15) is 4.98 Å². The topological polar surface area (TPSA) is 112 Å². The summed E-state index contributed by atoms with van der Waals surface area (Å²) < 4.78 is 4.88. The Morgan fingerprint density at radius 3 is 2.93 bits per heavy atom. The molecule has 76 valence electrons. The summed E-state index contributed by atoms with van der Waals surface area (Å²) in [6, 6.07) is 2.28. The van der Waals surface area contributed by atoms with Crippen molar-refractivity contribution in [3.8, 4) is 5.88 Å². The number of aliphatic hydroxyl groups is 1. The number of ether oxygens (including phenoxy) is 1. The maximum Gasteiger partial charge on any atom is 0.278 e. The molecular formula is C7H9N3O4. The zero-order valence-electron chi connectivity index (χ0n) is 7.21. The van der Waals surface area contributed by atoms with Crippen LogP contribution in [0.25, 0.3) is 0 Å². The summed E-state index contributed by atoms with van der Waals surface area (Å²) in [4.78, 5) is 13.5. The molecule has 0 bridgehead atoms. The van der Waals surface area contributed by atoms with Gasteiger partial charge in [-0.25, -0.2) is 0 Å². The van der Waals surface area contributed by atoms with Gasteiger partial charge >= 0.3 is 0 Å². The number of anilines is 1. The molecule has 0 aromatic carbocycles. The fourth-order valence-corrected chi connectivity index (χ4v) is 0.841. The van der Waals surface area contributed by atoms with Crippen LogP contribution in [0.2, 0.25) is 0 Å². The van der Waals surface area contributed by atoms with Gasteiger partial charge in [0.2, 0.25) is 5.88 Å². The van der Waals surface area contributed by atoms with Crippen molar-refractivity contribution in [3.05, 3.63) is 22.2 Å². The molecule has 0 unspecified atom stereocenters. The van der Waals surface area contributed by atoms with E-state index in [-0.39, 0.29) is 30.6 Å². The van der Waals surface area contributed by atoms with Crippen molar-refractivity contribution in [1.29, 1.82) is 0 Å². The fraction of sp³-hybridized carbons (Fsp3) is 0.286. The number of pyridine rings is 1. The minimum absolute atomic E-state index is 0.00661. The summed E-state index contributed by atoms with van der Waals surface area (Å²) >= 11 is 0. The predicted molar refractivity (Wildman–Crippen MR) is 47.9 cm³/mol. The number of hydrogen-bond donors (Lipinski definition) is 2. The summed E-state index contributed by atoms with van der Waals surface area (Å²) in [5.74, 6) is 0.0397. The van der Waals surface area contributed by atoms with Crippen molar-refractivity contribution in [2.45, 2.75) is 0 Å². The minimum Gasteiger partial charge on any atom is -0.475 e. The van der Waals surface area contributed by atoms with Crippen LogP contribution < -0.4 is 10.5 Å². The molecule has 0 aliphatic carbocycles. The number of nitrogen functional groups attached to an aromatic ring is 1. The van der Waals surface area contributed by atoms with E-state index in [9.17, 15) is 10.1 Å². The molecule has 0 aliphatic rings. The smallest absolute Gasteiger partial charge is 0.278 e. The van der Waals surface area contributed by atoms with Gasteiger partial charge in [-0.3, -0.25) is 10.1 Å². The Kier molecular flexibility index (Phi) is 3.19. The molecule has 0 fully saturated rings. The Morgan fingerprint density at radius 1 is 1.64 bits per heavy atom. The van der Waals surface area contributed by atoms with Gasteiger partial charge in [0.05, 0.1) is 23.7 Å². The van der Waals surface area contributed by atoms with Gasteiger partial charge in [-0.1, -0.05) is 0 Å². The van der Waals surface area contributed by atoms with Gasteiger partial charge < -0.3 is 15.6 Å². The number of aliphatic hydroxyl groups excluding tert-OH is 1. The lowest BCUT2D eigenvalue weighted by molar-refractivity contribution is -0.384. The highest BCUT2D eigenvalue weighted by Crippen LogP contribution is 2.19. The lowest BCUT2D eigenvalue weighted by Crippen LogP contribution is -2.04. The monoisotopic (exact) mass is 199 g/mol. The van der Waals surface area contributed by atoms with Crippen molar-refractivity contribution in [2.24, 2.45) is 0 Å². The second kappa shape index (κ2) is 4.38. The Labute approximate surface area is 79.3 Å². The highest BCUT2D eigenvalue weighted by molar-refractivity contribution is 5.45. The van der Waals surface area contributed by atoms with Crippen LogP contribution in [0.5, 0.6) is 5.88 Å². The first-order valence-electron chi connectivity index (χ1n) is 3.79. The Morgan fingerprint density at radius 2 is 2.36 bits per heavy atom. The first-order chi connectivity index (χ1) is 6.63. The van der Waals surface area contributed by atoms with Gasteiger partial charge in [-0.05, 0) is 0 Å². The predicted octanol–water partition coefficient (Wildman–Crippen LogP) is -0.0569. The molecule has 1 aromatic heterocycles. The van der Waals surface area contributed by atoms with Crippen LogP contribution in [0.1, 0.15) is 0 Å². The largest absolute Gasteiger partial charge is 0.475 e. The first-order valence-corrected chi connectivity index (χ1v) is 3.79. The first kappa shape index (κ1) is 10.2. The fourth-order valence-electron chi connectivity index (χ4n) is 0.841.